The number of hydrogen-bond donors (Lipinski definition) is 1. The van der Waals surface area contributed by atoms with Crippen LogP contribution >= 0.6 is 0 Å². The molecule has 1 aromatic rings. The van der Waals surface area contributed by atoms with Gasteiger partial charge < -0.3 is 10.1 Å². The summed E-state index contributed by atoms with van der Waals surface area (Å²) in [5.74, 6) is 0. The molecule has 0 radical (unpaired) electrons. The normalized spacial score (nSPS) is 19.1. The van der Waals surface area contributed by atoms with Gasteiger partial charge in [0.1, 0.15) is 5.69 Å². The highest BCUT2D eigenvalue weighted by atomic mass is 16.5. The molecule has 5 nitrogen and oxygen atoms in total. The van der Waals surface area contributed by atoms with Gasteiger partial charge in [-0.3, -0.25) is 0 Å². The van der Waals surface area contributed by atoms with Gasteiger partial charge in [-0.2, -0.15) is 0 Å². The smallest absolute Gasteiger partial charge is 0.102 e. The predicted molar refractivity (Wildman–Crippen MR) is 70.3 cm³/mol. The van der Waals surface area contributed by atoms with E-state index in [1.165, 1.54) is 32.1 Å². The molecule has 5 heteroatoms. The molecule has 18 heavy (non-hydrogen) atoms. The molecule has 1 N–H and O–H groups in total. The summed E-state index contributed by atoms with van der Waals surface area (Å²) in [5.41, 5.74) is 2.15. The zero-order valence-corrected chi connectivity index (χ0v) is 11.6. The monoisotopic (exact) mass is 252 g/mol. The van der Waals surface area contributed by atoms with Crippen molar-refractivity contribution < 1.29 is 4.74 Å². The summed E-state index contributed by atoms with van der Waals surface area (Å²) >= 11 is 0. The average Bonchev–Trinajstić information content (AvgIpc) is 2.83. The maximum Gasteiger partial charge on any atom is 0.102 e. The molecule has 1 saturated carbocycles. The van der Waals surface area contributed by atoms with Crippen molar-refractivity contribution in [1.82, 2.24) is 20.3 Å². The Labute approximate surface area is 109 Å². The highest BCUT2D eigenvalue weighted by molar-refractivity contribution is 5.14. The molecule has 1 aliphatic rings. The lowest BCUT2D eigenvalue weighted by Gasteiger charge is -2.25. The Bertz CT molecular complexity index is 371. The molecule has 1 unspecified atom stereocenters. The molecule has 102 valence electrons. The maximum absolute atomic E-state index is 5.48. The SMILES string of the molecule is CNCc1nnn(C2CCCCC2)c1C(C)OC. The van der Waals surface area contributed by atoms with Gasteiger partial charge in [0, 0.05) is 13.7 Å². The van der Waals surface area contributed by atoms with Crippen molar-refractivity contribution in [2.24, 2.45) is 0 Å². The van der Waals surface area contributed by atoms with Crippen molar-refractivity contribution in [3.05, 3.63) is 11.4 Å². The molecular formula is C13H24N4O. The van der Waals surface area contributed by atoms with E-state index in [1.807, 2.05) is 7.05 Å². The van der Waals surface area contributed by atoms with Crippen LogP contribution in [0.1, 0.15) is 62.6 Å². The summed E-state index contributed by atoms with van der Waals surface area (Å²) in [4.78, 5) is 0. The Morgan fingerprint density at radius 3 is 2.72 bits per heavy atom. The fourth-order valence-electron chi connectivity index (χ4n) is 2.76. The van der Waals surface area contributed by atoms with Gasteiger partial charge in [-0.05, 0) is 26.8 Å². The Morgan fingerprint density at radius 1 is 1.39 bits per heavy atom. The largest absolute Gasteiger partial charge is 0.375 e. The molecule has 1 heterocycles. The molecule has 1 aromatic heterocycles. The molecular weight excluding hydrogens is 228 g/mol. The summed E-state index contributed by atoms with van der Waals surface area (Å²) < 4.78 is 7.60. The molecule has 2 rings (SSSR count). The molecule has 0 aliphatic heterocycles. The molecule has 1 atom stereocenters. The first-order valence-corrected chi connectivity index (χ1v) is 6.89. The van der Waals surface area contributed by atoms with E-state index >= 15 is 0 Å². The van der Waals surface area contributed by atoms with E-state index < -0.39 is 0 Å². The number of nitrogens with one attached hydrogen (secondary N) is 1. The van der Waals surface area contributed by atoms with Crippen molar-refractivity contribution in [3.63, 3.8) is 0 Å². The third-order valence-electron chi connectivity index (χ3n) is 3.81. The van der Waals surface area contributed by atoms with E-state index in [4.69, 9.17) is 4.74 Å². The minimum Gasteiger partial charge on any atom is -0.375 e. The van der Waals surface area contributed by atoms with Gasteiger partial charge in [-0.1, -0.05) is 24.5 Å². The summed E-state index contributed by atoms with van der Waals surface area (Å²) in [5, 5.41) is 11.8. The number of rotatable bonds is 5. The van der Waals surface area contributed by atoms with Crippen LogP contribution < -0.4 is 5.32 Å². The number of nitrogens with zero attached hydrogens (tertiary/aromatic N) is 3. The second-order valence-electron chi connectivity index (χ2n) is 5.07. The summed E-state index contributed by atoms with van der Waals surface area (Å²) in [7, 11) is 3.67. The number of hydrogen-bond acceptors (Lipinski definition) is 4. The highest BCUT2D eigenvalue weighted by Gasteiger charge is 2.24. The lowest BCUT2D eigenvalue weighted by molar-refractivity contribution is 0.107. The van der Waals surface area contributed by atoms with Crippen LogP contribution in [0.15, 0.2) is 0 Å². The third-order valence-corrected chi connectivity index (χ3v) is 3.81. The average molecular weight is 252 g/mol. The topological polar surface area (TPSA) is 52.0 Å². The van der Waals surface area contributed by atoms with Gasteiger partial charge in [0.25, 0.3) is 0 Å². The van der Waals surface area contributed by atoms with E-state index in [0.29, 0.717) is 6.04 Å². The molecule has 0 amide bonds. The first-order valence-electron chi connectivity index (χ1n) is 6.89. The lowest BCUT2D eigenvalue weighted by atomic mass is 9.95. The predicted octanol–water partition coefficient (Wildman–Crippen LogP) is 2.21. The maximum atomic E-state index is 5.48. The lowest BCUT2D eigenvalue weighted by Crippen LogP contribution is -2.19. The first-order chi connectivity index (χ1) is 8.77. The molecule has 1 fully saturated rings. The number of ether oxygens (including phenoxy) is 1. The van der Waals surface area contributed by atoms with Crippen LogP contribution in [0.2, 0.25) is 0 Å². The fourth-order valence-corrected chi connectivity index (χ4v) is 2.76. The van der Waals surface area contributed by atoms with E-state index in [-0.39, 0.29) is 6.10 Å². The molecule has 1 aliphatic carbocycles. The van der Waals surface area contributed by atoms with Crippen LogP contribution in [0.4, 0.5) is 0 Å². The third kappa shape index (κ3) is 2.72. The van der Waals surface area contributed by atoms with Crippen LogP contribution in [0.5, 0.6) is 0 Å². The van der Waals surface area contributed by atoms with Gasteiger partial charge in [0.05, 0.1) is 17.8 Å². The van der Waals surface area contributed by atoms with E-state index in [9.17, 15) is 0 Å². The van der Waals surface area contributed by atoms with Crippen LogP contribution in [0.25, 0.3) is 0 Å². The summed E-state index contributed by atoms with van der Waals surface area (Å²) in [6, 6.07) is 0.504. The van der Waals surface area contributed by atoms with Gasteiger partial charge in [0.15, 0.2) is 0 Å². The van der Waals surface area contributed by atoms with Gasteiger partial charge in [-0.25, -0.2) is 4.68 Å². The van der Waals surface area contributed by atoms with Crippen molar-refractivity contribution >= 4 is 0 Å². The highest BCUT2D eigenvalue weighted by Crippen LogP contribution is 2.31. The van der Waals surface area contributed by atoms with Crippen LogP contribution in [0, 0.1) is 0 Å². The Kier molecular flexibility index (Phi) is 4.72. The zero-order valence-electron chi connectivity index (χ0n) is 11.6. The van der Waals surface area contributed by atoms with Gasteiger partial charge >= 0.3 is 0 Å². The standard InChI is InChI=1S/C13H24N4O/c1-10(18-3)13-12(9-14-2)15-16-17(13)11-7-5-4-6-8-11/h10-11,14H,4-9H2,1-3H3. The van der Waals surface area contributed by atoms with Crippen LogP contribution in [0.3, 0.4) is 0 Å². The minimum atomic E-state index is 0.0466. The minimum absolute atomic E-state index is 0.0466. The fraction of sp³-hybridized carbons (Fsp3) is 0.846. The first kappa shape index (κ1) is 13.5. The van der Waals surface area contributed by atoms with Crippen LogP contribution in [-0.2, 0) is 11.3 Å². The van der Waals surface area contributed by atoms with E-state index in [0.717, 1.165) is 17.9 Å². The van der Waals surface area contributed by atoms with Gasteiger partial charge in [-0.15, -0.1) is 5.10 Å². The second-order valence-corrected chi connectivity index (χ2v) is 5.07. The Morgan fingerprint density at radius 2 is 2.11 bits per heavy atom. The van der Waals surface area contributed by atoms with E-state index in [2.05, 4.69) is 27.2 Å². The molecule has 0 spiro atoms. The number of methoxy groups -OCH3 is 1. The Hall–Kier alpha value is -0.940. The number of aromatic nitrogens is 3. The summed E-state index contributed by atoms with van der Waals surface area (Å²) in [6.45, 7) is 2.81. The molecule has 0 aromatic carbocycles. The zero-order chi connectivity index (χ0) is 13.0. The molecule has 0 bridgehead atoms. The van der Waals surface area contributed by atoms with Gasteiger partial charge in [0.2, 0.25) is 0 Å². The summed E-state index contributed by atoms with van der Waals surface area (Å²) in [6.07, 6.45) is 6.42. The van der Waals surface area contributed by atoms with Crippen LogP contribution in [-0.4, -0.2) is 29.2 Å². The van der Waals surface area contributed by atoms with E-state index in [1.54, 1.807) is 7.11 Å². The van der Waals surface area contributed by atoms with Crippen molar-refractivity contribution in [3.8, 4) is 0 Å². The Balaban J connectivity index is 2.27. The van der Waals surface area contributed by atoms with Crippen molar-refractivity contribution in [2.75, 3.05) is 14.2 Å². The van der Waals surface area contributed by atoms with Crippen molar-refractivity contribution in [2.45, 2.75) is 57.7 Å². The molecule has 0 saturated heterocycles. The van der Waals surface area contributed by atoms with Crippen molar-refractivity contribution in [1.29, 1.82) is 0 Å². The quantitative estimate of drug-likeness (QED) is 0.873. The second kappa shape index (κ2) is 6.29.